The second kappa shape index (κ2) is 2.75. The van der Waals surface area contributed by atoms with Crippen molar-refractivity contribution in [1.29, 1.82) is 0 Å². The standard InChI is InChI=1S/C6H4BrN3S/c7-5-4-10(9-8-5)6-2-1-3-11-6/h1-4H. The summed E-state index contributed by atoms with van der Waals surface area (Å²) in [6, 6.07) is 3.97. The lowest BCUT2D eigenvalue weighted by molar-refractivity contribution is 0.813. The molecule has 3 nitrogen and oxygen atoms in total. The maximum atomic E-state index is 3.89. The van der Waals surface area contributed by atoms with Gasteiger partial charge in [-0.05, 0) is 33.4 Å². The molecule has 0 aliphatic rings. The molecule has 0 saturated heterocycles. The number of hydrogen-bond acceptors (Lipinski definition) is 3. The monoisotopic (exact) mass is 229 g/mol. The van der Waals surface area contributed by atoms with Crippen LogP contribution in [-0.2, 0) is 0 Å². The summed E-state index contributed by atoms with van der Waals surface area (Å²) in [5, 5.41) is 10.8. The topological polar surface area (TPSA) is 30.7 Å². The van der Waals surface area contributed by atoms with Crippen molar-refractivity contribution in [3.63, 3.8) is 0 Å². The van der Waals surface area contributed by atoms with E-state index in [2.05, 4.69) is 26.2 Å². The van der Waals surface area contributed by atoms with Crippen LogP contribution in [0.4, 0.5) is 0 Å². The summed E-state index contributed by atoms with van der Waals surface area (Å²) < 4.78 is 2.49. The van der Waals surface area contributed by atoms with Gasteiger partial charge in [-0.15, -0.1) is 16.4 Å². The fourth-order valence-corrected chi connectivity index (χ4v) is 1.67. The molecule has 0 saturated carbocycles. The third-order valence-electron chi connectivity index (χ3n) is 1.20. The van der Waals surface area contributed by atoms with Gasteiger partial charge in [0, 0.05) is 0 Å². The van der Waals surface area contributed by atoms with E-state index < -0.39 is 0 Å². The van der Waals surface area contributed by atoms with Crippen LogP contribution in [-0.4, -0.2) is 15.0 Å². The fraction of sp³-hybridized carbons (Fsp3) is 0. The van der Waals surface area contributed by atoms with Crippen LogP contribution in [0.3, 0.4) is 0 Å². The Morgan fingerprint density at radius 2 is 2.45 bits per heavy atom. The molecule has 0 bridgehead atoms. The van der Waals surface area contributed by atoms with Crippen LogP contribution in [0, 0.1) is 0 Å². The maximum absolute atomic E-state index is 3.89. The Labute approximate surface area is 75.8 Å². The van der Waals surface area contributed by atoms with Gasteiger partial charge in [0.25, 0.3) is 0 Å². The molecule has 0 unspecified atom stereocenters. The minimum Gasteiger partial charge on any atom is -0.209 e. The smallest absolute Gasteiger partial charge is 0.148 e. The molecule has 0 atom stereocenters. The molecule has 0 amide bonds. The molecular formula is C6H4BrN3S. The van der Waals surface area contributed by atoms with E-state index in [1.807, 2.05) is 23.7 Å². The SMILES string of the molecule is Brc1cn(-c2cccs2)nn1. The number of hydrogen-bond donors (Lipinski definition) is 0. The van der Waals surface area contributed by atoms with Crippen LogP contribution in [0.25, 0.3) is 5.00 Å². The summed E-state index contributed by atoms with van der Waals surface area (Å²) in [5.41, 5.74) is 0. The lowest BCUT2D eigenvalue weighted by atomic mass is 10.6. The summed E-state index contributed by atoms with van der Waals surface area (Å²) in [5.74, 6) is 0. The Bertz CT molecular complexity index is 340. The molecule has 2 aromatic rings. The van der Waals surface area contributed by atoms with E-state index in [0.29, 0.717) is 0 Å². The highest BCUT2D eigenvalue weighted by Crippen LogP contribution is 2.14. The molecule has 0 radical (unpaired) electrons. The molecular weight excluding hydrogens is 226 g/mol. The van der Waals surface area contributed by atoms with Crippen LogP contribution >= 0.6 is 27.3 Å². The van der Waals surface area contributed by atoms with Gasteiger partial charge in [0.1, 0.15) is 9.60 Å². The van der Waals surface area contributed by atoms with E-state index in [-0.39, 0.29) is 0 Å². The van der Waals surface area contributed by atoms with Crippen LogP contribution in [0.5, 0.6) is 0 Å². The van der Waals surface area contributed by atoms with Gasteiger partial charge in [-0.2, -0.15) is 0 Å². The van der Waals surface area contributed by atoms with Gasteiger partial charge in [-0.1, -0.05) is 5.21 Å². The van der Waals surface area contributed by atoms with Gasteiger partial charge in [0.2, 0.25) is 0 Å². The van der Waals surface area contributed by atoms with Crippen molar-refractivity contribution >= 4 is 27.3 Å². The first kappa shape index (κ1) is 7.00. The highest BCUT2D eigenvalue weighted by molar-refractivity contribution is 9.10. The van der Waals surface area contributed by atoms with E-state index in [9.17, 15) is 0 Å². The molecule has 0 aliphatic carbocycles. The molecule has 0 aliphatic heterocycles. The van der Waals surface area contributed by atoms with Crippen LogP contribution < -0.4 is 0 Å². The van der Waals surface area contributed by atoms with Crippen molar-refractivity contribution in [2.75, 3.05) is 0 Å². The normalized spacial score (nSPS) is 10.3. The number of rotatable bonds is 1. The zero-order valence-electron chi connectivity index (χ0n) is 5.44. The van der Waals surface area contributed by atoms with Gasteiger partial charge < -0.3 is 0 Å². The largest absolute Gasteiger partial charge is 0.209 e. The number of thiophene rings is 1. The van der Waals surface area contributed by atoms with E-state index in [1.165, 1.54) is 0 Å². The predicted molar refractivity (Wildman–Crippen MR) is 46.9 cm³/mol. The van der Waals surface area contributed by atoms with Gasteiger partial charge >= 0.3 is 0 Å². The fourth-order valence-electron chi connectivity index (χ4n) is 0.751. The molecule has 5 heteroatoms. The average Bonchev–Trinajstić information content (AvgIpc) is 2.55. The van der Waals surface area contributed by atoms with Gasteiger partial charge in [-0.3, -0.25) is 0 Å². The van der Waals surface area contributed by atoms with Crippen molar-refractivity contribution < 1.29 is 0 Å². The number of aromatic nitrogens is 3. The summed E-state index contributed by atoms with van der Waals surface area (Å²) in [4.78, 5) is 0. The van der Waals surface area contributed by atoms with Crippen LogP contribution in [0.1, 0.15) is 0 Å². The van der Waals surface area contributed by atoms with Gasteiger partial charge in [-0.25, -0.2) is 4.68 Å². The molecule has 0 aromatic carbocycles. The number of halogens is 1. The van der Waals surface area contributed by atoms with Crippen molar-refractivity contribution in [2.24, 2.45) is 0 Å². The maximum Gasteiger partial charge on any atom is 0.148 e. The molecule has 2 aromatic heterocycles. The second-order valence-electron chi connectivity index (χ2n) is 1.94. The molecule has 2 rings (SSSR count). The highest BCUT2D eigenvalue weighted by atomic mass is 79.9. The zero-order chi connectivity index (χ0) is 7.68. The summed E-state index contributed by atoms with van der Waals surface area (Å²) in [6.07, 6.45) is 1.83. The minimum absolute atomic E-state index is 0.755. The molecule has 0 fully saturated rings. The highest BCUT2D eigenvalue weighted by Gasteiger charge is 1.98. The zero-order valence-corrected chi connectivity index (χ0v) is 7.84. The molecule has 0 N–H and O–H groups in total. The molecule has 0 spiro atoms. The minimum atomic E-state index is 0.755. The van der Waals surface area contributed by atoms with Crippen molar-refractivity contribution in [3.05, 3.63) is 28.3 Å². The van der Waals surface area contributed by atoms with E-state index in [4.69, 9.17) is 0 Å². The average molecular weight is 230 g/mol. The Morgan fingerprint density at radius 3 is 3.00 bits per heavy atom. The lowest BCUT2D eigenvalue weighted by Crippen LogP contribution is -1.89. The quantitative estimate of drug-likeness (QED) is 0.750. The summed E-state index contributed by atoms with van der Waals surface area (Å²) in [7, 11) is 0. The summed E-state index contributed by atoms with van der Waals surface area (Å²) in [6.45, 7) is 0. The van der Waals surface area contributed by atoms with E-state index in [1.54, 1.807) is 16.0 Å². The van der Waals surface area contributed by atoms with Crippen molar-refractivity contribution in [1.82, 2.24) is 15.0 Å². The predicted octanol–water partition coefficient (Wildman–Crippen LogP) is 2.09. The molecule has 56 valence electrons. The lowest BCUT2D eigenvalue weighted by Gasteiger charge is -1.89. The van der Waals surface area contributed by atoms with E-state index >= 15 is 0 Å². The third kappa shape index (κ3) is 1.34. The first-order valence-electron chi connectivity index (χ1n) is 2.98. The Morgan fingerprint density at radius 1 is 1.55 bits per heavy atom. The molecule has 2 heterocycles. The Kier molecular flexibility index (Phi) is 1.75. The molecule has 11 heavy (non-hydrogen) atoms. The van der Waals surface area contributed by atoms with Crippen molar-refractivity contribution in [2.45, 2.75) is 0 Å². The van der Waals surface area contributed by atoms with Crippen LogP contribution in [0.15, 0.2) is 28.3 Å². The van der Waals surface area contributed by atoms with Gasteiger partial charge in [0.05, 0.1) is 6.20 Å². The summed E-state index contributed by atoms with van der Waals surface area (Å²) >= 11 is 4.86. The third-order valence-corrected chi connectivity index (χ3v) is 2.42. The van der Waals surface area contributed by atoms with Crippen molar-refractivity contribution in [3.8, 4) is 5.00 Å². The Hall–Kier alpha value is -0.680. The van der Waals surface area contributed by atoms with E-state index in [0.717, 1.165) is 9.60 Å². The Balaban J connectivity index is 2.45. The van der Waals surface area contributed by atoms with Crippen LogP contribution in [0.2, 0.25) is 0 Å². The first-order valence-corrected chi connectivity index (χ1v) is 4.65. The second-order valence-corrected chi connectivity index (χ2v) is 3.68. The first-order chi connectivity index (χ1) is 5.36. The van der Waals surface area contributed by atoms with Gasteiger partial charge in [0.15, 0.2) is 0 Å². The number of nitrogens with zero attached hydrogens (tertiary/aromatic N) is 3.